The van der Waals surface area contributed by atoms with Crippen molar-refractivity contribution in [3.05, 3.63) is 49.6 Å². The predicted octanol–water partition coefficient (Wildman–Crippen LogP) is 4.07. The third kappa shape index (κ3) is 2.01. The second kappa shape index (κ2) is 4.74. The number of halogens is 2. The van der Waals surface area contributed by atoms with E-state index in [9.17, 15) is 5.11 Å². The van der Waals surface area contributed by atoms with Gasteiger partial charge in [-0.2, -0.15) is 0 Å². The molecule has 2 heterocycles. The molecule has 2 aromatic rings. The van der Waals surface area contributed by atoms with Crippen LogP contribution in [0.15, 0.2) is 24.3 Å². The Kier molecular flexibility index (Phi) is 3.24. The number of rotatable bonds is 2. The van der Waals surface area contributed by atoms with Crippen LogP contribution in [0.2, 0.25) is 8.67 Å². The van der Waals surface area contributed by atoms with Crippen molar-refractivity contribution in [2.75, 3.05) is 6.61 Å². The van der Waals surface area contributed by atoms with Crippen LogP contribution in [0.3, 0.4) is 0 Å². The standard InChI is InChI=1S/C13H10Cl2O2S/c14-10-6-9(13(15)18-10)11(16)8-3-1-2-7-4-5-17-12(7)8/h1-3,6,11,16H,4-5H2. The quantitative estimate of drug-likeness (QED) is 0.906. The number of fused-ring (bicyclic) bond motifs is 1. The molecule has 0 aliphatic carbocycles. The summed E-state index contributed by atoms with van der Waals surface area (Å²) in [5, 5.41) is 10.4. The van der Waals surface area contributed by atoms with E-state index >= 15 is 0 Å². The number of aliphatic hydroxyl groups is 1. The van der Waals surface area contributed by atoms with Crippen LogP contribution in [-0.4, -0.2) is 11.7 Å². The molecule has 0 bridgehead atoms. The van der Waals surface area contributed by atoms with Crippen molar-refractivity contribution in [1.82, 2.24) is 0 Å². The number of aliphatic hydroxyl groups excluding tert-OH is 1. The molecule has 2 nitrogen and oxygen atoms in total. The van der Waals surface area contributed by atoms with Crippen LogP contribution in [0, 0.1) is 0 Å². The molecule has 1 aliphatic rings. The van der Waals surface area contributed by atoms with Gasteiger partial charge in [0.2, 0.25) is 0 Å². The van der Waals surface area contributed by atoms with Gasteiger partial charge in [0.15, 0.2) is 0 Å². The van der Waals surface area contributed by atoms with Crippen molar-refractivity contribution in [2.24, 2.45) is 0 Å². The first-order chi connectivity index (χ1) is 8.66. The highest BCUT2D eigenvalue weighted by atomic mass is 35.5. The molecule has 94 valence electrons. The number of benzene rings is 1. The first kappa shape index (κ1) is 12.3. The minimum Gasteiger partial charge on any atom is -0.493 e. The number of thiophene rings is 1. The molecule has 0 spiro atoms. The van der Waals surface area contributed by atoms with Crippen LogP contribution in [-0.2, 0) is 6.42 Å². The summed E-state index contributed by atoms with van der Waals surface area (Å²) in [6, 6.07) is 7.50. The molecular weight excluding hydrogens is 291 g/mol. The molecule has 1 N–H and O–H groups in total. The number of hydrogen-bond donors (Lipinski definition) is 1. The van der Waals surface area contributed by atoms with Crippen LogP contribution >= 0.6 is 34.5 Å². The Morgan fingerprint density at radius 1 is 1.28 bits per heavy atom. The molecule has 0 saturated carbocycles. The molecule has 1 atom stereocenters. The third-order valence-electron chi connectivity index (χ3n) is 3.02. The van der Waals surface area contributed by atoms with Crippen molar-refractivity contribution in [2.45, 2.75) is 12.5 Å². The molecule has 3 rings (SSSR count). The van der Waals surface area contributed by atoms with E-state index in [0.29, 0.717) is 20.8 Å². The van der Waals surface area contributed by atoms with Crippen LogP contribution in [0.25, 0.3) is 0 Å². The Labute approximate surface area is 119 Å². The topological polar surface area (TPSA) is 29.5 Å². The molecule has 0 saturated heterocycles. The molecule has 1 aromatic heterocycles. The lowest BCUT2D eigenvalue weighted by atomic mass is 10.0. The second-order valence-electron chi connectivity index (χ2n) is 4.12. The maximum Gasteiger partial charge on any atom is 0.128 e. The van der Waals surface area contributed by atoms with Gasteiger partial charge < -0.3 is 9.84 Å². The SMILES string of the molecule is OC(c1cc(Cl)sc1Cl)c1cccc2c1OCC2. The van der Waals surface area contributed by atoms with Gasteiger partial charge in [-0.25, -0.2) is 0 Å². The van der Waals surface area contributed by atoms with E-state index in [1.54, 1.807) is 6.07 Å². The Bertz CT molecular complexity index is 595. The maximum atomic E-state index is 10.4. The molecule has 1 aromatic carbocycles. The molecule has 0 amide bonds. The van der Waals surface area contributed by atoms with E-state index in [0.717, 1.165) is 23.3 Å². The molecule has 0 fully saturated rings. The van der Waals surface area contributed by atoms with Gasteiger partial charge in [-0.3, -0.25) is 0 Å². The zero-order chi connectivity index (χ0) is 12.7. The molecule has 5 heteroatoms. The molecular formula is C13H10Cl2O2S. The van der Waals surface area contributed by atoms with Gasteiger partial charge in [0.1, 0.15) is 16.2 Å². The van der Waals surface area contributed by atoms with Crippen LogP contribution in [0.4, 0.5) is 0 Å². The second-order valence-corrected chi connectivity index (χ2v) is 6.40. The fourth-order valence-corrected chi connectivity index (χ4v) is 3.68. The van der Waals surface area contributed by atoms with Crippen molar-refractivity contribution in [1.29, 1.82) is 0 Å². The first-order valence-electron chi connectivity index (χ1n) is 5.54. The summed E-state index contributed by atoms with van der Waals surface area (Å²) < 4.78 is 6.67. The van der Waals surface area contributed by atoms with E-state index in [1.807, 2.05) is 18.2 Å². The molecule has 1 unspecified atom stereocenters. The van der Waals surface area contributed by atoms with Gasteiger partial charge in [0.05, 0.1) is 10.9 Å². The maximum absolute atomic E-state index is 10.4. The summed E-state index contributed by atoms with van der Waals surface area (Å²) in [5.74, 6) is 0.781. The summed E-state index contributed by atoms with van der Waals surface area (Å²) in [7, 11) is 0. The normalized spacial score (nSPS) is 15.3. The van der Waals surface area contributed by atoms with E-state index < -0.39 is 6.10 Å². The Balaban J connectivity index is 2.05. The summed E-state index contributed by atoms with van der Waals surface area (Å²) in [5.41, 5.74) is 2.51. The fourth-order valence-electron chi connectivity index (χ4n) is 2.16. The summed E-state index contributed by atoms with van der Waals surface area (Å²) in [6.07, 6.45) is 0.0860. The predicted molar refractivity (Wildman–Crippen MR) is 74.0 cm³/mol. The number of ether oxygens (including phenoxy) is 1. The van der Waals surface area contributed by atoms with Crippen LogP contribution in [0.5, 0.6) is 5.75 Å². The van der Waals surface area contributed by atoms with Crippen LogP contribution < -0.4 is 4.74 Å². The average Bonchev–Trinajstić information content (AvgIpc) is 2.94. The molecule has 18 heavy (non-hydrogen) atoms. The Hall–Kier alpha value is -0.740. The Morgan fingerprint density at radius 2 is 2.11 bits per heavy atom. The smallest absolute Gasteiger partial charge is 0.128 e. The van der Waals surface area contributed by atoms with Crippen molar-refractivity contribution in [3.8, 4) is 5.75 Å². The fraction of sp³-hybridized carbons (Fsp3) is 0.231. The minimum absolute atomic E-state index is 0.517. The van der Waals surface area contributed by atoms with Crippen molar-refractivity contribution in [3.63, 3.8) is 0 Å². The van der Waals surface area contributed by atoms with Gasteiger partial charge in [-0.1, -0.05) is 41.4 Å². The van der Waals surface area contributed by atoms with E-state index in [4.69, 9.17) is 27.9 Å². The highest BCUT2D eigenvalue weighted by Crippen LogP contribution is 2.41. The zero-order valence-corrected chi connectivity index (χ0v) is 11.6. The highest BCUT2D eigenvalue weighted by Gasteiger charge is 2.24. The highest BCUT2D eigenvalue weighted by molar-refractivity contribution is 7.20. The monoisotopic (exact) mass is 300 g/mol. The largest absolute Gasteiger partial charge is 0.493 e. The third-order valence-corrected chi connectivity index (χ3v) is 4.54. The molecule has 0 radical (unpaired) electrons. The molecule has 1 aliphatic heterocycles. The first-order valence-corrected chi connectivity index (χ1v) is 7.11. The lowest BCUT2D eigenvalue weighted by molar-refractivity contribution is 0.214. The van der Waals surface area contributed by atoms with Crippen LogP contribution in [0.1, 0.15) is 22.8 Å². The van der Waals surface area contributed by atoms with Gasteiger partial charge in [-0.05, 0) is 11.6 Å². The van der Waals surface area contributed by atoms with Crippen molar-refractivity contribution < 1.29 is 9.84 Å². The summed E-state index contributed by atoms with van der Waals surface area (Å²) in [4.78, 5) is 0. The van der Waals surface area contributed by atoms with Gasteiger partial charge in [0.25, 0.3) is 0 Å². The minimum atomic E-state index is -0.797. The van der Waals surface area contributed by atoms with Gasteiger partial charge >= 0.3 is 0 Å². The zero-order valence-electron chi connectivity index (χ0n) is 9.32. The lowest BCUT2D eigenvalue weighted by Gasteiger charge is -2.14. The number of para-hydroxylation sites is 1. The van der Waals surface area contributed by atoms with E-state index in [2.05, 4.69) is 0 Å². The van der Waals surface area contributed by atoms with E-state index in [-0.39, 0.29) is 0 Å². The lowest BCUT2D eigenvalue weighted by Crippen LogP contribution is -2.01. The summed E-state index contributed by atoms with van der Waals surface area (Å²) in [6.45, 7) is 0.664. The van der Waals surface area contributed by atoms with Gasteiger partial charge in [0, 0.05) is 17.5 Å². The van der Waals surface area contributed by atoms with Gasteiger partial charge in [-0.15, -0.1) is 11.3 Å². The van der Waals surface area contributed by atoms with E-state index in [1.165, 1.54) is 11.3 Å². The number of hydrogen-bond acceptors (Lipinski definition) is 3. The summed E-state index contributed by atoms with van der Waals surface area (Å²) >= 11 is 13.2. The average molecular weight is 301 g/mol. The Morgan fingerprint density at radius 3 is 2.83 bits per heavy atom. The van der Waals surface area contributed by atoms with Crippen molar-refractivity contribution >= 4 is 34.5 Å².